The molecule has 120 valence electrons. The summed E-state index contributed by atoms with van der Waals surface area (Å²) in [7, 11) is -7.06. The fraction of sp³-hybridized carbons (Fsp3) is 0.545. The maximum absolute atomic E-state index is 12.0. The molecule has 0 saturated heterocycles. The third-order valence-electron chi connectivity index (χ3n) is 2.43. The highest BCUT2D eigenvalue weighted by molar-refractivity contribution is 7.91. The zero-order valence-corrected chi connectivity index (χ0v) is 14.1. The Bertz CT molecular complexity index is 689. The SMILES string of the molecule is CCCNc1ncc(S(=O)(=O)NCCS(C)(=O)=O)cc1Cl. The van der Waals surface area contributed by atoms with Gasteiger partial charge in [-0.05, 0) is 12.5 Å². The maximum atomic E-state index is 12.0. The summed E-state index contributed by atoms with van der Waals surface area (Å²) in [4.78, 5) is 3.85. The molecule has 1 heterocycles. The number of anilines is 1. The van der Waals surface area contributed by atoms with Crippen LogP contribution in [0.25, 0.3) is 0 Å². The average molecular weight is 356 g/mol. The summed E-state index contributed by atoms with van der Waals surface area (Å²) in [6.07, 6.45) is 3.09. The molecule has 10 heteroatoms. The van der Waals surface area contributed by atoms with Gasteiger partial charge in [-0.15, -0.1) is 0 Å². The Kier molecular flexibility index (Phi) is 6.39. The van der Waals surface area contributed by atoms with Crippen molar-refractivity contribution in [3.05, 3.63) is 17.3 Å². The fourth-order valence-electron chi connectivity index (χ4n) is 1.39. The lowest BCUT2D eigenvalue weighted by atomic mass is 10.4. The molecule has 0 aliphatic carbocycles. The van der Waals surface area contributed by atoms with E-state index in [4.69, 9.17) is 11.6 Å². The molecule has 0 aromatic carbocycles. The van der Waals surface area contributed by atoms with Crippen LogP contribution in [0.15, 0.2) is 17.2 Å². The van der Waals surface area contributed by atoms with E-state index < -0.39 is 19.9 Å². The predicted octanol–water partition coefficient (Wildman–Crippen LogP) is 0.880. The minimum Gasteiger partial charge on any atom is -0.369 e. The molecular weight excluding hydrogens is 338 g/mol. The molecule has 21 heavy (non-hydrogen) atoms. The number of hydrogen-bond donors (Lipinski definition) is 2. The van der Waals surface area contributed by atoms with E-state index in [2.05, 4.69) is 15.0 Å². The summed E-state index contributed by atoms with van der Waals surface area (Å²) in [6.45, 7) is 2.45. The van der Waals surface area contributed by atoms with Gasteiger partial charge < -0.3 is 5.32 Å². The molecule has 0 spiro atoms. The number of aromatic nitrogens is 1. The Hall–Kier alpha value is -0.900. The van der Waals surface area contributed by atoms with E-state index in [1.54, 1.807) is 0 Å². The summed E-state index contributed by atoms with van der Waals surface area (Å²) >= 11 is 5.96. The lowest BCUT2D eigenvalue weighted by molar-refractivity contribution is 0.581. The molecule has 1 aromatic rings. The van der Waals surface area contributed by atoms with Crippen molar-refractivity contribution < 1.29 is 16.8 Å². The average Bonchev–Trinajstić information content (AvgIpc) is 2.35. The molecular formula is C11H18ClN3O4S2. The smallest absolute Gasteiger partial charge is 0.242 e. The number of nitrogens with one attached hydrogen (secondary N) is 2. The first-order valence-electron chi connectivity index (χ1n) is 6.22. The quantitative estimate of drug-likeness (QED) is 0.717. The van der Waals surface area contributed by atoms with Crippen LogP contribution in [0.4, 0.5) is 5.82 Å². The Morgan fingerprint density at radius 1 is 1.24 bits per heavy atom. The highest BCUT2D eigenvalue weighted by Gasteiger charge is 2.17. The minimum absolute atomic E-state index is 0.108. The van der Waals surface area contributed by atoms with Gasteiger partial charge in [-0.1, -0.05) is 18.5 Å². The van der Waals surface area contributed by atoms with Crippen molar-refractivity contribution in [1.82, 2.24) is 9.71 Å². The first-order valence-corrected chi connectivity index (χ1v) is 10.1. The van der Waals surface area contributed by atoms with Crippen molar-refractivity contribution in [2.45, 2.75) is 18.2 Å². The third-order valence-corrected chi connectivity index (χ3v) is 5.10. The van der Waals surface area contributed by atoms with E-state index in [0.717, 1.165) is 12.7 Å². The Morgan fingerprint density at radius 2 is 1.90 bits per heavy atom. The van der Waals surface area contributed by atoms with Gasteiger partial charge in [0.25, 0.3) is 0 Å². The van der Waals surface area contributed by atoms with Crippen LogP contribution in [0.2, 0.25) is 5.02 Å². The molecule has 0 unspecified atom stereocenters. The first-order chi connectivity index (χ1) is 9.65. The van der Waals surface area contributed by atoms with Gasteiger partial charge in [0.05, 0.1) is 10.8 Å². The lowest BCUT2D eigenvalue weighted by Crippen LogP contribution is -2.29. The van der Waals surface area contributed by atoms with Gasteiger partial charge in [-0.2, -0.15) is 0 Å². The Balaban J connectivity index is 2.82. The second-order valence-corrected chi connectivity index (χ2v) is 8.89. The van der Waals surface area contributed by atoms with Gasteiger partial charge in [-0.3, -0.25) is 0 Å². The second-order valence-electron chi connectivity index (χ2n) is 4.46. The molecule has 0 aliphatic rings. The van der Waals surface area contributed by atoms with E-state index in [0.29, 0.717) is 12.4 Å². The van der Waals surface area contributed by atoms with Crippen molar-refractivity contribution in [2.75, 3.05) is 30.4 Å². The number of hydrogen-bond acceptors (Lipinski definition) is 6. The highest BCUT2D eigenvalue weighted by Crippen LogP contribution is 2.22. The van der Waals surface area contributed by atoms with Crippen molar-refractivity contribution in [3.8, 4) is 0 Å². The molecule has 1 aromatic heterocycles. The molecule has 0 saturated carbocycles. The standard InChI is InChI=1S/C11H18ClN3O4S2/c1-3-4-13-11-10(12)7-9(8-14-11)21(18,19)15-5-6-20(2,16)17/h7-8,15H,3-6H2,1-2H3,(H,13,14). The predicted molar refractivity (Wildman–Crippen MR) is 82.9 cm³/mol. The van der Waals surface area contributed by atoms with Crippen LogP contribution in [-0.2, 0) is 19.9 Å². The minimum atomic E-state index is -3.83. The summed E-state index contributed by atoms with van der Waals surface area (Å²) in [5, 5.41) is 3.16. The lowest BCUT2D eigenvalue weighted by Gasteiger charge is -2.09. The van der Waals surface area contributed by atoms with Gasteiger partial charge in [0.15, 0.2) is 0 Å². The zero-order valence-electron chi connectivity index (χ0n) is 11.8. The first kappa shape index (κ1) is 18.1. The van der Waals surface area contributed by atoms with E-state index in [1.165, 1.54) is 12.3 Å². The van der Waals surface area contributed by atoms with Gasteiger partial charge in [-0.25, -0.2) is 26.5 Å². The summed E-state index contributed by atoms with van der Waals surface area (Å²) < 4.78 is 48.1. The largest absolute Gasteiger partial charge is 0.369 e. The Morgan fingerprint density at radius 3 is 2.43 bits per heavy atom. The number of halogens is 1. The van der Waals surface area contributed by atoms with Crippen LogP contribution in [0.1, 0.15) is 13.3 Å². The van der Waals surface area contributed by atoms with Crippen LogP contribution < -0.4 is 10.0 Å². The van der Waals surface area contributed by atoms with Crippen LogP contribution in [-0.4, -0.2) is 46.9 Å². The fourth-order valence-corrected chi connectivity index (χ4v) is 3.29. The van der Waals surface area contributed by atoms with E-state index in [1.807, 2.05) is 6.92 Å². The maximum Gasteiger partial charge on any atom is 0.242 e. The normalized spacial score (nSPS) is 12.3. The topological polar surface area (TPSA) is 105 Å². The van der Waals surface area contributed by atoms with Gasteiger partial charge in [0, 0.05) is 25.5 Å². The molecule has 1 rings (SSSR count). The molecule has 0 fully saturated rings. The molecule has 7 nitrogen and oxygen atoms in total. The number of rotatable bonds is 8. The molecule has 0 bridgehead atoms. The van der Waals surface area contributed by atoms with Crippen molar-refractivity contribution in [2.24, 2.45) is 0 Å². The van der Waals surface area contributed by atoms with Crippen LogP contribution >= 0.6 is 11.6 Å². The highest BCUT2D eigenvalue weighted by atomic mass is 35.5. The number of sulfonamides is 1. The van der Waals surface area contributed by atoms with Crippen molar-refractivity contribution >= 4 is 37.3 Å². The number of sulfone groups is 1. The molecule has 2 N–H and O–H groups in total. The summed E-state index contributed by atoms with van der Waals surface area (Å²) in [5.41, 5.74) is 0. The van der Waals surface area contributed by atoms with E-state index in [-0.39, 0.29) is 22.2 Å². The van der Waals surface area contributed by atoms with Gasteiger partial charge in [0.2, 0.25) is 10.0 Å². The monoisotopic (exact) mass is 355 g/mol. The molecule has 0 aliphatic heterocycles. The van der Waals surface area contributed by atoms with Crippen LogP contribution in [0.3, 0.4) is 0 Å². The summed E-state index contributed by atoms with van der Waals surface area (Å²) in [5.74, 6) is 0.136. The summed E-state index contributed by atoms with van der Waals surface area (Å²) in [6, 6.07) is 1.27. The van der Waals surface area contributed by atoms with Crippen molar-refractivity contribution in [3.63, 3.8) is 0 Å². The zero-order chi connectivity index (χ0) is 16.1. The number of nitrogens with zero attached hydrogens (tertiary/aromatic N) is 1. The van der Waals surface area contributed by atoms with Crippen LogP contribution in [0.5, 0.6) is 0 Å². The van der Waals surface area contributed by atoms with Crippen LogP contribution in [0, 0.1) is 0 Å². The van der Waals surface area contributed by atoms with Crippen molar-refractivity contribution in [1.29, 1.82) is 0 Å². The molecule has 0 radical (unpaired) electrons. The van der Waals surface area contributed by atoms with E-state index in [9.17, 15) is 16.8 Å². The number of pyridine rings is 1. The van der Waals surface area contributed by atoms with Gasteiger partial charge in [0.1, 0.15) is 20.6 Å². The van der Waals surface area contributed by atoms with E-state index >= 15 is 0 Å². The molecule has 0 amide bonds. The van der Waals surface area contributed by atoms with Gasteiger partial charge >= 0.3 is 0 Å². The second kappa shape index (κ2) is 7.39. The third kappa shape index (κ3) is 6.16. The Labute approximate surface area is 130 Å². The molecule has 0 atom stereocenters.